The molecule has 2 fully saturated rings. The van der Waals surface area contributed by atoms with Crippen molar-refractivity contribution in [2.24, 2.45) is 11.3 Å². The van der Waals surface area contributed by atoms with Crippen LogP contribution in [0.25, 0.3) is 16.6 Å². The summed E-state index contributed by atoms with van der Waals surface area (Å²) in [5, 5.41) is 16.4. The summed E-state index contributed by atoms with van der Waals surface area (Å²) in [6.45, 7) is 11.2. The van der Waals surface area contributed by atoms with Crippen LogP contribution in [-0.2, 0) is 14.8 Å². The third-order valence-corrected chi connectivity index (χ3v) is 13.9. The van der Waals surface area contributed by atoms with Gasteiger partial charge in [0.15, 0.2) is 5.82 Å². The SMILES string of the molecule is C[C@@H]1CN(CC2=C(c3ccc(Cl)cc3)CCC(C)(C)C2)CCN1c1ccc(C(=O)NS(=O)(=O)c2cc(F)c(NCC3CCOCC3)c([N+](=O)[O-])c2)c(Oc2cnc3[nH]ccc3c2)c1. The number of aromatic amines is 1. The van der Waals surface area contributed by atoms with Crippen molar-refractivity contribution in [3.8, 4) is 11.5 Å². The normalized spacial score (nSPS) is 18.7. The number of nitro groups is 1. The summed E-state index contributed by atoms with van der Waals surface area (Å²) >= 11 is 6.24. The molecule has 5 aromatic rings. The summed E-state index contributed by atoms with van der Waals surface area (Å²) in [6, 6.07) is 18.1. The number of carbonyl (C=O) groups excluding carboxylic acids is 1. The molecule has 1 aliphatic carbocycles. The third-order valence-electron chi connectivity index (χ3n) is 12.3. The highest BCUT2D eigenvalue weighted by Gasteiger charge is 2.33. The quantitative estimate of drug-likeness (QED) is 0.0760. The van der Waals surface area contributed by atoms with E-state index in [9.17, 15) is 23.3 Å². The molecule has 1 atom stereocenters. The molecule has 3 aliphatic rings. The summed E-state index contributed by atoms with van der Waals surface area (Å²) < 4.78 is 56.6. The van der Waals surface area contributed by atoms with Crippen molar-refractivity contribution in [3.63, 3.8) is 0 Å². The lowest BCUT2D eigenvalue weighted by Gasteiger charge is -2.43. The maximum Gasteiger partial charge on any atom is 0.296 e. The zero-order valence-corrected chi connectivity index (χ0v) is 37.0. The number of allylic oxidation sites excluding steroid dienone is 1. The van der Waals surface area contributed by atoms with Gasteiger partial charge >= 0.3 is 0 Å². The fourth-order valence-electron chi connectivity index (χ4n) is 8.93. The van der Waals surface area contributed by atoms with Crippen LogP contribution in [-0.4, -0.2) is 86.1 Å². The number of anilines is 2. The van der Waals surface area contributed by atoms with E-state index in [-0.39, 0.29) is 35.2 Å². The molecule has 0 spiro atoms. The third kappa shape index (κ3) is 10.1. The lowest BCUT2D eigenvalue weighted by molar-refractivity contribution is -0.384. The monoisotopic (exact) mass is 899 g/mol. The van der Waals surface area contributed by atoms with E-state index in [2.05, 4.69) is 58.0 Å². The van der Waals surface area contributed by atoms with Crippen molar-refractivity contribution in [1.82, 2.24) is 19.6 Å². The molecular formula is C46H51ClFN7O7S. The van der Waals surface area contributed by atoms with Gasteiger partial charge in [0.25, 0.3) is 21.6 Å². The number of nitrogens with one attached hydrogen (secondary N) is 3. The van der Waals surface area contributed by atoms with E-state index >= 15 is 4.39 Å². The van der Waals surface area contributed by atoms with E-state index in [0.717, 1.165) is 56.0 Å². The number of carbonyl (C=O) groups is 1. The number of nitrogens with zero attached hydrogens (tertiary/aromatic N) is 4. The Morgan fingerprint density at radius 3 is 2.62 bits per heavy atom. The smallest absolute Gasteiger partial charge is 0.296 e. The van der Waals surface area contributed by atoms with Crippen molar-refractivity contribution < 1.29 is 32.0 Å². The Kier molecular flexibility index (Phi) is 12.8. The van der Waals surface area contributed by atoms with E-state index in [0.29, 0.717) is 55.1 Å². The van der Waals surface area contributed by atoms with E-state index in [1.807, 2.05) is 22.9 Å². The number of aromatic nitrogens is 2. The number of ether oxygens (including phenoxy) is 2. The highest BCUT2D eigenvalue weighted by atomic mass is 35.5. The van der Waals surface area contributed by atoms with Gasteiger partial charge in [0, 0.05) is 86.4 Å². The number of amides is 1. The molecule has 1 amide bonds. The highest BCUT2D eigenvalue weighted by Crippen LogP contribution is 2.43. The first-order chi connectivity index (χ1) is 30.1. The fraction of sp³-hybridized carbons (Fsp3) is 0.391. The second-order valence-electron chi connectivity index (χ2n) is 17.5. The molecule has 2 aromatic heterocycles. The summed E-state index contributed by atoms with van der Waals surface area (Å²) in [7, 11) is -4.82. The second kappa shape index (κ2) is 18.3. The lowest BCUT2D eigenvalue weighted by atomic mass is 9.72. The van der Waals surface area contributed by atoms with Crippen LogP contribution in [0.3, 0.4) is 0 Å². The van der Waals surface area contributed by atoms with E-state index in [1.54, 1.807) is 24.4 Å². The van der Waals surface area contributed by atoms with Gasteiger partial charge in [-0.3, -0.25) is 19.8 Å². The zero-order chi connectivity index (χ0) is 44.5. The van der Waals surface area contributed by atoms with Gasteiger partial charge in [0.1, 0.15) is 22.8 Å². The lowest BCUT2D eigenvalue weighted by Crippen LogP contribution is -2.52. The van der Waals surface area contributed by atoms with Crippen molar-refractivity contribution in [2.45, 2.75) is 63.8 Å². The van der Waals surface area contributed by atoms with Crippen molar-refractivity contribution in [2.75, 3.05) is 56.2 Å². The number of fused-ring (bicyclic) bond motifs is 1. The summed E-state index contributed by atoms with van der Waals surface area (Å²) in [5.41, 5.74) is 4.31. The molecule has 2 saturated heterocycles. The topological polar surface area (TPSA) is 172 Å². The van der Waals surface area contributed by atoms with Crippen molar-refractivity contribution in [1.29, 1.82) is 0 Å². The average Bonchev–Trinajstić information content (AvgIpc) is 3.72. The van der Waals surface area contributed by atoms with Gasteiger partial charge in [0.05, 0.1) is 21.6 Å². The van der Waals surface area contributed by atoms with Crippen LogP contribution in [0.1, 0.15) is 68.8 Å². The molecule has 0 saturated carbocycles. The van der Waals surface area contributed by atoms with E-state index in [1.165, 1.54) is 29.0 Å². The van der Waals surface area contributed by atoms with Gasteiger partial charge in [0.2, 0.25) is 0 Å². The van der Waals surface area contributed by atoms with Crippen LogP contribution in [0.15, 0.2) is 89.6 Å². The first-order valence-electron chi connectivity index (χ1n) is 21.2. The molecule has 14 nitrogen and oxygen atoms in total. The molecule has 2 aliphatic heterocycles. The van der Waals surface area contributed by atoms with Gasteiger partial charge in [-0.2, -0.15) is 0 Å². The van der Waals surface area contributed by atoms with Gasteiger partial charge < -0.3 is 24.7 Å². The van der Waals surface area contributed by atoms with Crippen molar-refractivity contribution in [3.05, 3.63) is 117 Å². The van der Waals surface area contributed by atoms with E-state index < -0.39 is 42.9 Å². The molecule has 0 unspecified atom stereocenters. The minimum absolute atomic E-state index is 0.0542. The number of sulfonamides is 1. The van der Waals surface area contributed by atoms with Crippen LogP contribution >= 0.6 is 11.6 Å². The molecule has 3 N–H and O–H groups in total. The molecule has 332 valence electrons. The largest absolute Gasteiger partial charge is 0.455 e. The first-order valence-corrected chi connectivity index (χ1v) is 23.1. The van der Waals surface area contributed by atoms with Crippen LogP contribution in [0.2, 0.25) is 5.02 Å². The predicted octanol–water partition coefficient (Wildman–Crippen LogP) is 9.19. The molecule has 3 aromatic carbocycles. The van der Waals surface area contributed by atoms with Crippen molar-refractivity contribution >= 4 is 61.2 Å². The zero-order valence-electron chi connectivity index (χ0n) is 35.5. The second-order valence-corrected chi connectivity index (χ2v) is 19.6. The number of pyridine rings is 1. The standard InChI is InChI=1S/C46H51ClFN7O7S/c1-29-27-53(28-33-24-46(2,3)14-10-38(33)31-4-6-34(47)7-5-31)16-17-54(29)35-8-9-39(42(21-35)62-36-20-32-11-15-49-44(32)51-26-36)45(56)52-63(59,60)37-22-40(48)43(41(23-37)55(57)58)50-25-30-12-18-61-19-13-30/h4-9,11,15,20-23,26,29-30,50H,10,12-14,16-19,24-25,27-28H2,1-3H3,(H,49,51)(H,52,56)/t29-/m1/s1. The fourth-order valence-corrected chi connectivity index (χ4v) is 10.1. The van der Waals surface area contributed by atoms with Gasteiger partial charge in [-0.1, -0.05) is 43.2 Å². The molecule has 17 heteroatoms. The molecule has 4 heterocycles. The number of nitro benzene ring substituents is 1. The first kappa shape index (κ1) is 44.1. The summed E-state index contributed by atoms with van der Waals surface area (Å²) in [4.78, 5) is 36.6. The molecule has 63 heavy (non-hydrogen) atoms. The number of piperazine rings is 1. The number of H-pyrrole nitrogens is 1. The maximum absolute atomic E-state index is 15.5. The summed E-state index contributed by atoms with van der Waals surface area (Å²) in [6.07, 6.45) is 7.75. The predicted molar refractivity (Wildman–Crippen MR) is 242 cm³/mol. The van der Waals surface area contributed by atoms with Crippen LogP contribution in [0.5, 0.6) is 11.5 Å². The Hall–Kier alpha value is -5.55. The Labute approximate surface area is 371 Å². The molecular weight excluding hydrogens is 849 g/mol. The Morgan fingerprint density at radius 1 is 1.10 bits per heavy atom. The Bertz CT molecular complexity index is 2670. The number of benzene rings is 3. The van der Waals surface area contributed by atoms with Crippen LogP contribution < -0.4 is 19.7 Å². The maximum atomic E-state index is 15.5. The van der Waals surface area contributed by atoms with Gasteiger partial charge in [-0.05, 0) is 104 Å². The number of hydrogen-bond donors (Lipinski definition) is 3. The molecule has 0 radical (unpaired) electrons. The number of halogens is 2. The Morgan fingerprint density at radius 2 is 1.87 bits per heavy atom. The Balaban J connectivity index is 1.03. The summed E-state index contributed by atoms with van der Waals surface area (Å²) in [5.74, 6) is -1.76. The number of hydrogen-bond acceptors (Lipinski definition) is 11. The highest BCUT2D eigenvalue weighted by molar-refractivity contribution is 7.90. The minimum Gasteiger partial charge on any atom is -0.455 e. The van der Waals surface area contributed by atoms with Gasteiger partial charge in [-0.15, -0.1) is 0 Å². The van der Waals surface area contributed by atoms with E-state index in [4.69, 9.17) is 21.1 Å². The van der Waals surface area contributed by atoms with Crippen LogP contribution in [0, 0.1) is 27.3 Å². The average molecular weight is 900 g/mol. The van der Waals surface area contributed by atoms with Gasteiger partial charge in [-0.25, -0.2) is 22.5 Å². The number of rotatable bonds is 13. The molecule has 0 bridgehead atoms. The minimum atomic E-state index is -4.82. The molecule has 8 rings (SSSR count). The van der Waals surface area contributed by atoms with Crippen LogP contribution in [0.4, 0.5) is 21.5 Å².